The summed E-state index contributed by atoms with van der Waals surface area (Å²) < 4.78 is 28.4. The molecule has 3 aromatic carbocycles. The zero-order valence-corrected chi connectivity index (χ0v) is 23.0. The fourth-order valence-corrected chi connectivity index (χ4v) is 4.64. The molecule has 4 rings (SSSR count). The Balaban J connectivity index is 1.35. The molecule has 0 unspecified atom stereocenters. The highest BCUT2D eigenvalue weighted by Gasteiger charge is 2.34. The highest BCUT2D eigenvalue weighted by atomic mass is 32.2. The van der Waals surface area contributed by atoms with Gasteiger partial charge in [0.15, 0.2) is 23.0 Å². The van der Waals surface area contributed by atoms with Gasteiger partial charge in [-0.3, -0.25) is 14.5 Å². The molecule has 204 valence electrons. The SMILES string of the molecule is CCOc1cc(/C=C2\SC(=O)N(CCOc3ccccc3OC)C2=O)ccc1OCCOc1ccc(C)cc1. The number of rotatable bonds is 13. The number of nitrogens with zero attached hydrogens (tertiary/aromatic N) is 1. The van der Waals surface area contributed by atoms with Gasteiger partial charge in [-0.1, -0.05) is 35.9 Å². The molecule has 1 fully saturated rings. The number of imide groups is 1. The summed E-state index contributed by atoms with van der Waals surface area (Å²) in [5, 5.41) is -0.339. The van der Waals surface area contributed by atoms with Crippen molar-refractivity contribution in [3.8, 4) is 28.7 Å². The number of hydrogen-bond donors (Lipinski definition) is 0. The lowest BCUT2D eigenvalue weighted by atomic mass is 10.2. The summed E-state index contributed by atoms with van der Waals surface area (Å²) in [6.45, 7) is 5.35. The summed E-state index contributed by atoms with van der Waals surface area (Å²) in [7, 11) is 1.56. The molecule has 1 aliphatic rings. The molecular formula is C30H31NO7S. The lowest BCUT2D eigenvalue weighted by Gasteiger charge is -2.14. The van der Waals surface area contributed by atoms with Crippen LogP contribution in [0, 0.1) is 6.92 Å². The largest absolute Gasteiger partial charge is 0.493 e. The molecule has 0 atom stereocenters. The Morgan fingerprint density at radius 1 is 0.795 bits per heavy atom. The molecule has 39 heavy (non-hydrogen) atoms. The fraction of sp³-hybridized carbons (Fsp3) is 0.267. The zero-order chi connectivity index (χ0) is 27.6. The van der Waals surface area contributed by atoms with Gasteiger partial charge in [0.25, 0.3) is 11.1 Å². The van der Waals surface area contributed by atoms with E-state index in [1.54, 1.807) is 37.5 Å². The third kappa shape index (κ3) is 7.48. The smallest absolute Gasteiger partial charge is 0.293 e. The number of benzene rings is 3. The number of hydrogen-bond acceptors (Lipinski definition) is 8. The van der Waals surface area contributed by atoms with E-state index in [0.717, 1.165) is 23.1 Å². The normalized spacial score (nSPS) is 14.0. The molecule has 8 nitrogen and oxygen atoms in total. The van der Waals surface area contributed by atoms with Crippen LogP contribution >= 0.6 is 11.8 Å². The molecule has 9 heteroatoms. The number of amides is 2. The summed E-state index contributed by atoms with van der Waals surface area (Å²) in [5.74, 6) is 2.68. The number of carbonyl (C=O) groups is 2. The van der Waals surface area contributed by atoms with Gasteiger partial charge in [0, 0.05) is 0 Å². The lowest BCUT2D eigenvalue weighted by molar-refractivity contribution is -0.123. The van der Waals surface area contributed by atoms with Crippen LogP contribution in [0.25, 0.3) is 6.08 Å². The topological polar surface area (TPSA) is 83.5 Å². The Hall–Kier alpha value is -4.11. The minimum absolute atomic E-state index is 0.127. The van der Waals surface area contributed by atoms with E-state index in [-0.39, 0.29) is 24.3 Å². The Bertz CT molecular complexity index is 1320. The van der Waals surface area contributed by atoms with E-state index in [4.69, 9.17) is 23.7 Å². The number of thioether (sulfide) groups is 1. The Morgan fingerprint density at radius 2 is 1.49 bits per heavy atom. The second kappa shape index (κ2) is 13.6. The molecule has 0 aromatic heterocycles. The molecule has 0 bridgehead atoms. The van der Waals surface area contributed by atoms with Crippen molar-refractivity contribution in [2.75, 3.05) is 40.1 Å². The average Bonchev–Trinajstić information content (AvgIpc) is 3.20. The molecule has 0 N–H and O–H groups in total. The number of para-hydroxylation sites is 2. The first-order chi connectivity index (χ1) is 19.0. The molecule has 1 saturated heterocycles. The predicted molar refractivity (Wildman–Crippen MR) is 151 cm³/mol. The van der Waals surface area contributed by atoms with Crippen molar-refractivity contribution in [3.63, 3.8) is 0 Å². The van der Waals surface area contributed by atoms with Crippen LogP contribution in [0.3, 0.4) is 0 Å². The van der Waals surface area contributed by atoms with Crippen LogP contribution < -0.4 is 23.7 Å². The Kier molecular flexibility index (Phi) is 9.74. The van der Waals surface area contributed by atoms with Crippen LogP contribution in [-0.2, 0) is 4.79 Å². The number of aryl methyl sites for hydroxylation is 1. The van der Waals surface area contributed by atoms with E-state index < -0.39 is 0 Å². The number of carbonyl (C=O) groups excluding carboxylic acids is 2. The average molecular weight is 550 g/mol. The number of ether oxygens (including phenoxy) is 5. The van der Waals surface area contributed by atoms with E-state index in [0.29, 0.717) is 47.7 Å². The van der Waals surface area contributed by atoms with Crippen LogP contribution in [0.4, 0.5) is 4.79 Å². The van der Waals surface area contributed by atoms with Gasteiger partial charge < -0.3 is 23.7 Å². The summed E-state index contributed by atoms with van der Waals surface area (Å²) in [6, 6.07) is 20.4. The first-order valence-corrected chi connectivity index (χ1v) is 13.4. The quantitative estimate of drug-likeness (QED) is 0.190. The van der Waals surface area contributed by atoms with Gasteiger partial charge >= 0.3 is 0 Å². The van der Waals surface area contributed by atoms with Crippen LogP contribution in [0.2, 0.25) is 0 Å². The minimum Gasteiger partial charge on any atom is -0.493 e. The summed E-state index contributed by atoms with van der Waals surface area (Å²) >= 11 is 0.899. The van der Waals surface area contributed by atoms with Crippen LogP contribution in [0.15, 0.2) is 71.6 Å². The summed E-state index contributed by atoms with van der Waals surface area (Å²) in [5.41, 5.74) is 1.89. The van der Waals surface area contributed by atoms with Crippen molar-refractivity contribution in [1.82, 2.24) is 4.90 Å². The van der Waals surface area contributed by atoms with Gasteiger partial charge in [0.05, 0.1) is 25.2 Å². The highest BCUT2D eigenvalue weighted by molar-refractivity contribution is 8.18. The van der Waals surface area contributed by atoms with Gasteiger partial charge in [0.2, 0.25) is 0 Å². The molecule has 0 aliphatic carbocycles. The summed E-state index contributed by atoms with van der Waals surface area (Å²) in [6.07, 6.45) is 1.68. The van der Waals surface area contributed by atoms with Crippen molar-refractivity contribution in [1.29, 1.82) is 0 Å². The van der Waals surface area contributed by atoms with Crippen LogP contribution in [0.5, 0.6) is 28.7 Å². The van der Waals surface area contributed by atoms with Gasteiger partial charge in [-0.25, -0.2) is 0 Å². The van der Waals surface area contributed by atoms with Gasteiger partial charge in [-0.15, -0.1) is 0 Å². The summed E-state index contributed by atoms with van der Waals surface area (Å²) in [4.78, 5) is 27.0. The second-order valence-corrected chi connectivity index (χ2v) is 9.48. The lowest BCUT2D eigenvalue weighted by Crippen LogP contribution is -2.32. The molecule has 0 saturated carbocycles. The number of methoxy groups -OCH3 is 1. The maximum Gasteiger partial charge on any atom is 0.293 e. The molecular weight excluding hydrogens is 518 g/mol. The fourth-order valence-electron chi connectivity index (χ4n) is 3.78. The monoisotopic (exact) mass is 549 g/mol. The second-order valence-electron chi connectivity index (χ2n) is 8.48. The maximum absolute atomic E-state index is 12.9. The Labute approximate surface area is 232 Å². The van der Waals surface area contributed by atoms with E-state index in [1.165, 1.54) is 10.5 Å². The first-order valence-electron chi connectivity index (χ1n) is 12.6. The van der Waals surface area contributed by atoms with Crippen molar-refractivity contribution in [3.05, 3.63) is 82.8 Å². The van der Waals surface area contributed by atoms with E-state index >= 15 is 0 Å². The predicted octanol–water partition coefficient (Wildman–Crippen LogP) is 5.98. The van der Waals surface area contributed by atoms with Crippen molar-refractivity contribution in [2.24, 2.45) is 0 Å². The van der Waals surface area contributed by atoms with Gasteiger partial charge in [0.1, 0.15) is 25.6 Å². The zero-order valence-electron chi connectivity index (χ0n) is 22.2. The van der Waals surface area contributed by atoms with Crippen LogP contribution in [-0.4, -0.2) is 56.1 Å². The van der Waals surface area contributed by atoms with Crippen molar-refractivity contribution in [2.45, 2.75) is 13.8 Å². The third-order valence-corrected chi connectivity index (χ3v) is 6.62. The molecule has 0 spiro atoms. The molecule has 3 aromatic rings. The molecule has 1 aliphatic heterocycles. The van der Waals surface area contributed by atoms with E-state index in [2.05, 4.69) is 0 Å². The third-order valence-electron chi connectivity index (χ3n) is 5.71. The molecule has 0 radical (unpaired) electrons. The van der Waals surface area contributed by atoms with Crippen LogP contribution in [0.1, 0.15) is 18.1 Å². The van der Waals surface area contributed by atoms with Crippen molar-refractivity contribution < 1.29 is 33.3 Å². The molecule has 1 heterocycles. The maximum atomic E-state index is 12.9. The molecule has 2 amide bonds. The van der Waals surface area contributed by atoms with Crippen molar-refractivity contribution >= 4 is 29.0 Å². The first kappa shape index (κ1) is 27.9. The van der Waals surface area contributed by atoms with Gasteiger partial charge in [-0.2, -0.15) is 0 Å². The van der Waals surface area contributed by atoms with E-state index in [9.17, 15) is 9.59 Å². The van der Waals surface area contributed by atoms with E-state index in [1.807, 2.05) is 56.3 Å². The minimum atomic E-state index is -0.361. The van der Waals surface area contributed by atoms with Gasteiger partial charge in [-0.05, 0) is 73.6 Å². The highest BCUT2D eigenvalue weighted by Crippen LogP contribution is 2.35. The Morgan fingerprint density at radius 3 is 2.23 bits per heavy atom. The standard InChI is InChI=1S/C30H31NO7S/c1-4-35-27-19-22(11-14-26(27)38-18-17-36-23-12-9-21(2)10-13-23)20-28-29(32)31(30(33)39-28)15-16-37-25-8-6-5-7-24(25)34-3/h5-14,19-20H,4,15-18H2,1-3H3/b28-20-.